The van der Waals surface area contributed by atoms with Gasteiger partial charge in [-0.3, -0.25) is 9.63 Å². The van der Waals surface area contributed by atoms with Crippen molar-refractivity contribution < 1.29 is 22.5 Å². The van der Waals surface area contributed by atoms with Gasteiger partial charge in [0.25, 0.3) is 0 Å². The van der Waals surface area contributed by atoms with E-state index in [0.717, 1.165) is 5.56 Å². The molecule has 2 aromatic carbocycles. The van der Waals surface area contributed by atoms with Crippen LogP contribution in [0.25, 0.3) is 0 Å². The van der Waals surface area contributed by atoms with Crippen LogP contribution in [0.15, 0.2) is 82.3 Å². The molecule has 0 radical (unpaired) electrons. The Bertz CT molecular complexity index is 965. The smallest absolute Gasteiger partial charge is 0.310 e. The minimum atomic E-state index is -3.58. The zero-order valence-electron chi connectivity index (χ0n) is 13.8. The Morgan fingerprint density at radius 3 is 2.31 bits per heavy atom. The summed E-state index contributed by atoms with van der Waals surface area (Å²) in [6.45, 7) is 0.185. The molecule has 0 spiro atoms. The van der Waals surface area contributed by atoms with Crippen molar-refractivity contribution in [2.24, 2.45) is 0 Å². The van der Waals surface area contributed by atoms with Crippen molar-refractivity contribution in [1.29, 1.82) is 0 Å². The maximum atomic E-state index is 12.5. The van der Waals surface area contributed by atoms with Gasteiger partial charge in [-0.2, -0.15) is 0 Å². The van der Waals surface area contributed by atoms with Crippen LogP contribution in [0, 0.1) is 0 Å². The second kappa shape index (κ2) is 7.99. The van der Waals surface area contributed by atoms with E-state index in [0.29, 0.717) is 0 Å². The fourth-order valence-electron chi connectivity index (χ4n) is 2.37. The summed E-state index contributed by atoms with van der Waals surface area (Å²) in [6, 6.07) is 18.8. The van der Waals surface area contributed by atoms with E-state index in [2.05, 4.69) is 5.48 Å². The number of rotatable bonds is 7. The van der Waals surface area contributed by atoms with Crippen molar-refractivity contribution in [3.63, 3.8) is 0 Å². The molecule has 1 aromatic heterocycles. The topological polar surface area (TPSA) is 85.6 Å². The fourth-order valence-corrected chi connectivity index (χ4v) is 3.75. The van der Waals surface area contributed by atoms with E-state index < -0.39 is 15.7 Å². The maximum Gasteiger partial charge on any atom is 0.310 e. The number of carbonyl (C=O) groups is 1. The van der Waals surface area contributed by atoms with E-state index in [9.17, 15) is 13.2 Å². The molecule has 0 atom stereocenters. The predicted molar refractivity (Wildman–Crippen MR) is 94.7 cm³/mol. The minimum Gasteiger partial charge on any atom is -0.459 e. The molecule has 0 aliphatic heterocycles. The highest BCUT2D eigenvalue weighted by Gasteiger charge is 2.22. The van der Waals surface area contributed by atoms with Gasteiger partial charge in [0.15, 0.2) is 15.6 Å². The molecule has 3 rings (SSSR count). The Labute approximate surface area is 151 Å². The summed E-state index contributed by atoms with van der Waals surface area (Å²) in [7, 11) is -3.58. The van der Waals surface area contributed by atoms with Gasteiger partial charge in [0.2, 0.25) is 0 Å². The quantitative estimate of drug-likeness (QED) is 0.645. The van der Waals surface area contributed by atoms with Crippen molar-refractivity contribution in [2.45, 2.75) is 17.3 Å². The Morgan fingerprint density at radius 1 is 0.962 bits per heavy atom. The van der Waals surface area contributed by atoms with Gasteiger partial charge in [0.05, 0.1) is 23.5 Å². The lowest BCUT2D eigenvalue weighted by Crippen LogP contribution is -2.24. The van der Waals surface area contributed by atoms with Gasteiger partial charge in [0.1, 0.15) is 0 Å². The Morgan fingerprint density at radius 2 is 1.62 bits per heavy atom. The summed E-state index contributed by atoms with van der Waals surface area (Å²) in [5.74, 6) is -1.06. The Balaban J connectivity index is 1.65. The van der Waals surface area contributed by atoms with Crippen LogP contribution in [-0.2, 0) is 27.0 Å². The molecule has 1 heterocycles. The van der Waals surface area contributed by atoms with Gasteiger partial charge in [-0.05, 0) is 23.8 Å². The SMILES string of the molecule is O=C(NOCc1ccccc1)c1occc1CS(=O)(=O)c1ccccc1. The monoisotopic (exact) mass is 371 g/mol. The number of hydroxylamine groups is 1. The summed E-state index contributed by atoms with van der Waals surface area (Å²) < 4.78 is 30.1. The van der Waals surface area contributed by atoms with Crippen LogP contribution in [0.2, 0.25) is 0 Å². The molecular weight excluding hydrogens is 354 g/mol. The number of amides is 1. The summed E-state index contributed by atoms with van der Waals surface area (Å²) in [4.78, 5) is 17.6. The average molecular weight is 371 g/mol. The third-order valence-corrected chi connectivity index (χ3v) is 5.33. The summed E-state index contributed by atoms with van der Waals surface area (Å²) >= 11 is 0. The second-order valence-corrected chi connectivity index (χ2v) is 7.54. The fraction of sp³-hybridized carbons (Fsp3) is 0.105. The van der Waals surface area contributed by atoms with Gasteiger partial charge in [-0.25, -0.2) is 13.9 Å². The van der Waals surface area contributed by atoms with E-state index in [1.54, 1.807) is 18.2 Å². The standard InChI is InChI=1S/C19H17NO5S/c21-19(20-25-13-15-7-3-1-4-8-15)18-16(11-12-24-18)14-26(22,23)17-9-5-2-6-10-17/h1-12H,13-14H2,(H,20,21). The van der Waals surface area contributed by atoms with Crippen molar-refractivity contribution in [3.05, 3.63) is 89.9 Å². The molecule has 0 fully saturated rings. The van der Waals surface area contributed by atoms with E-state index >= 15 is 0 Å². The Hall–Kier alpha value is -2.90. The third-order valence-electron chi connectivity index (χ3n) is 3.65. The highest BCUT2D eigenvalue weighted by molar-refractivity contribution is 7.90. The molecule has 0 unspecified atom stereocenters. The average Bonchev–Trinajstić information content (AvgIpc) is 3.11. The van der Waals surface area contributed by atoms with Crippen molar-refractivity contribution in [1.82, 2.24) is 5.48 Å². The summed E-state index contributed by atoms with van der Waals surface area (Å²) in [5.41, 5.74) is 3.43. The molecular formula is C19H17NO5S. The molecule has 0 aliphatic carbocycles. The number of furan rings is 1. The van der Waals surface area contributed by atoms with Crippen molar-refractivity contribution in [2.75, 3.05) is 0 Å². The molecule has 1 amide bonds. The zero-order valence-corrected chi connectivity index (χ0v) is 14.6. The molecule has 1 N–H and O–H groups in total. The van der Waals surface area contributed by atoms with Crippen LogP contribution >= 0.6 is 0 Å². The molecule has 0 saturated heterocycles. The summed E-state index contributed by atoms with van der Waals surface area (Å²) in [6.07, 6.45) is 1.28. The lowest BCUT2D eigenvalue weighted by molar-refractivity contribution is 0.0211. The van der Waals surface area contributed by atoms with Crippen LogP contribution in [0.1, 0.15) is 21.7 Å². The van der Waals surface area contributed by atoms with Crippen molar-refractivity contribution in [3.8, 4) is 0 Å². The number of hydrogen-bond donors (Lipinski definition) is 1. The molecule has 7 heteroatoms. The van der Waals surface area contributed by atoms with Gasteiger partial charge in [0, 0.05) is 5.56 Å². The molecule has 0 aliphatic rings. The van der Waals surface area contributed by atoms with Crippen LogP contribution in [-0.4, -0.2) is 14.3 Å². The first-order valence-corrected chi connectivity index (χ1v) is 9.52. The molecule has 3 aromatic rings. The molecule has 0 saturated carbocycles. The Kier molecular flexibility index (Phi) is 5.50. The van der Waals surface area contributed by atoms with Crippen LogP contribution in [0.4, 0.5) is 0 Å². The van der Waals surface area contributed by atoms with Crippen LogP contribution < -0.4 is 5.48 Å². The number of benzene rings is 2. The number of nitrogens with one attached hydrogen (secondary N) is 1. The lowest BCUT2D eigenvalue weighted by atomic mass is 10.2. The molecule has 26 heavy (non-hydrogen) atoms. The van der Waals surface area contributed by atoms with Gasteiger partial charge in [-0.15, -0.1) is 0 Å². The first-order valence-electron chi connectivity index (χ1n) is 7.86. The lowest BCUT2D eigenvalue weighted by Gasteiger charge is -2.07. The molecule has 6 nitrogen and oxygen atoms in total. The predicted octanol–water partition coefficient (Wildman–Crippen LogP) is 3.12. The van der Waals surface area contributed by atoms with E-state index in [1.165, 1.54) is 24.5 Å². The largest absolute Gasteiger partial charge is 0.459 e. The third kappa shape index (κ3) is 4.38. The van der Waals surface area contributed by atoms with E-state index in [1.807, 2.05) is 30.3 Å². The highest BCUT2D eigenvalue weighted by Crippen LogP contribution is 2.20. The number of carbonyl (C=O) groups excluding carboxylic acids is 1. The first kappa shape index (κ1) is 17.9. The molecule has 0 bridgehead atoms. The van der Waals surface area contributed by atoms with Crippen LogP contribution in [0.5, 0.6) is 0 Å². The number of sulfone groups is 1. The minimum absolute atomic E-state index is 0.0856. The van der Waals surface area contributed by atoms with Crippen molar-refractivity contribution >= 4 is 15.7 Å². The van der Waals surface area contributed by atoms with E-state index in [4.69, 9.17) is 9.25 Å². The van der Waals surface area contributed by atoms with Crippen LogP contribution in [0.3, 0.4) is 0 Å². The maximum absolute atomic E-state index is 12.5. The van der Waals surface area contributed by atoms with E-state index in [-0.39, 0.29) is 28.6 Å². The normalized spacial score (nSPS) is 11.2. The van der Waals surface area contributed by atoms with Gasteiger partial charge in [-0.1, -0.05) is 48.5 Å². The number of hydrogen-bond acceptors (Lipinski definition) is 5. The van der Waals surface area contributed by atoms with Gasteiger partial charge < -0.3 is 4.42 Å². The highest BCUT2D eigenvalue weighted by atomic mass is 32.2. The first-order chi connectivity index (χ1) is 12.6. The summed E-state index contributed by atoms with van der Waals surface area (Å²) in [5, 5.41) is 0. The molecule has 134 valence electrons. The zero-order chi connectivity index (χ0) is 18.4. The second-order valence-electron chi connectivity index (χ2n) is 5.55. The van der Waals surface area contributed by atoms with Gasteiger partial charge >= 0.3 is 5.91 Å².